The average Bonchev–Trinajstić information content (AvgIpc) is 1.96. The van der Waals surface area contributed by atoms with Gasteiger partial charge in [0, 0.05) is 16.5 Å². The van der Waals surface area contributed by atoms with Crippen molar-refractivity contribution in [1.82, 2.24) is 0 Å². The third-order valence-electron chi connectivity index (χ3n) is 1.55. The quantitative estimate of drug-likeness (QED) is 0.396. The minimum absolute atomic E-state index is 0.0327. The highest BCUT2D eigenvalue weighted by atomic mass is 79.9. The number of rotatable bonds is 1. The summed E-state index contributed by atoms with van der Waals surface area (Å²) in [6, 6.07) is 2.44. The van der Waals surface area contributed by atoms with Gasteiger partial charge in [0.2, 0.25) is 0 Å². The van der Waals surface area contributed by atoms with E-state index in [9.17, 15) is 5.11 Å². The van der Waals surface area contributed by atoms with Crippen molar-refractivity contribution in [2.24, 2.45) is 0 Å². The molecular formula is C8H9BrO3. The molecule has 0 aromatic heterocycles. The first kappa shape index (κ1) is 9.19. The summed E-state index contributed by atoms with van der Waals surface area (Å²) in [5.41, 5.74) is 0.547. The van der Waals surface area contributed by atoms with Crippen molar-refractivity contribution in [2.75, 3.05) is 0 Å². The first-order valence-electron chi connectivity index (χ1n) is 3.41. The highest BCUT2D eigenvalue weighted by Gasteiger charge is 2.10. The maximum Gasteiger partial charge on any atom is 0.161 e. The van der Waals surface area contributed by atoms with E-state index in [1.165, 1.54) is 6.07 Å². The number of hydrogen-bond acceptors (Lipinski definition) is 3. The van der Waals surface area contributed by atoms with Gasteiger partial charge in [-0.1, -0.05) is 15.9 Å². The maximum absolute atomic E-state index is 9.29. The lowest BCUT2D eigenvalue weighted by Gasteiger charge is -2.07. The fourth-order valence-corrected chi connectivity index (χ4v) is 1.27. The molecule has 0 fully saturated rings. The summed E-state index contributed by atoms with van der Waals surface area (Å²) in [4.78, 5) is -0.0657. The fraction of sp³-hybridized carbons (Fsp3) is 0.250. The van der Waals surface area contributed by atoms with Crippen molar-refractivity contribution in [3.05, 3.63) is 17.7 Å². The van der Waals surface area contributed by atoms with Crippen molar-refractivity contribution >= 4 is 15.9 Å². The smallest absolute Gasteiger partial charge is 0.161 e. The molecule has 0 spiro atoms. The lowest BCUT2D eigenvalue weighted by Crippen LogP contribution is -1.84. The summed E-state index contributed by atoms with van der Waals surface area (Å²) in [6.07, 6.45) is 0. The second-order valence-electron chi connectivity index (χ2n) is 2.52. The van der Waals surface area contributed by atoms with Crippen LogP contribution in [0.2, 0.25) is 0 Å². The van der Waals surface area contributed by atoms with Crippen molar-refractivity contribution < 1.29 is 15.3 Å². The molecular weight excluding hydrogens is 224 g/mol. The number of aromatic hydroxyl groups is 3. The molecule has 0 aliphatic heterocycles. The van der Waals surface area contributed by atoms with Crippen LogP contribution in [0.15, 0.2) is 12.1 Å². The highest BCUT2D eigenvalue weighted by Crippen LogP contribution is 2.37. The zero-order chi connectivity index (χ0) is 9.30. The van der Waals surface area contributed by atoms with Gasteiger partial charge in [0.25, 0.3) is 0 Å². The Kier molecular flexibility index (Phi) is 2.47. The molecule has 0 saturated carbocycles. The van der Waals surface area contributed by atoms with Crippen LogP contribution in [-0.2, 0) is 0 Å². The van der Waals surface area contributed by atoms with Crippen LogP contribution in [0.4, 0.5) is 0 Å². The predicted molar refractivity (Wildman–Crippen MR) is 48.8 cm³/mol. The minimum Gasteiger partial charge on any atom is -0.507 e. The molecule has 0 heterocycles. The number of alkyl halides is 1. The van der Waals surface area contributed by atoms with Crippen LogP contribution in [0.25, 0.3) is 0 Å². The molecule has 12 heavy (non-hydrogen) atoms. The summed E-state index contributed by atoms with van der Waals surface area (Å²) >= 11 is 3.24. The highest BCUT2D eigenvalue weighted by molar-refractivity contribution is 9.09. The Labute approximate surface area is 78.4 Å². The van der Waals surface area contributed by atoms with E-state index in [0.717, 1.165) is 6.07 Å². The van der Waals surface area contributed by atoms with E-state index in [0.29, 0.717) is 5.56 Å². The molecule has 1 aromatic carbocycles. The Bertz CT molecular complexity index is 297. The molecule has 1 aromatic rings. The molecule has 0 aliphatic carbocycles. The largest absolute Gasteiger partial charge is 0.507 e. The Hall–Kier alpha value is -0.900. The van der Waals surface area contributed by atoms with Gasteiger partial charge in [0.1, 0.15) is 5.75 Å². The van der Waals surface area contributed by atoms with Crippen LogP contribution < -0.4 is 0 Å². The summed E-state index contributed by atoms with van der Waals surface area (Å²) in [7, 11) is 0. The lowest BCUT2D eigenvalue weighted by molar-refractivity contribution is 0.394. The van der Waals surface area contributed by atoms with Crippen LogP contribution in [-0.4, -0.2) is 15.3 Å². The molecule has 0 radical (unpaired) electrons. The molecule has 3 N–H and O–H groups in total. The van der Waals surface area contributed by atoms with Gasteiger partial charge < -0.3 is 15.3 Å². The third-order valence-corrected chi connectivity index (χ3v) is 2.05. The third kappa shape index (κ3) is 1.64. The van der Waals surface area contributed by atoms with E-state index >= 15 is 0 Å². The van der Waals surface area contributed by atoms with Crippen LogP contribution in [0.3, 0.4) is 0 Å². The van der Waals surface area contributed by atoms with Crippen molar-refractivity contribution in [3.63, 3.8) is 0 Å². The van der Waals surface area contributed by atoms with Gasteiger partial charge in [-0.2, -0.15) is 0 Å². The van der Waals surface area contributed by atoms with Crippen molar-refractivity contribution in [2.45, 2.75) is 11.8 Å². The van der Waals surface area contributed by atoms with E-state index in [1.54, 1.807) is 0 Å². The summed E-state index contributed by atoms with van der Waals surface area (Å²) in [5, 5.41) is 27.4. The van der Waals surface area contributed by atoms with Crippen LogP contribution in [0.5, 0.6) is 17.2 Å². The first-order chi connectivity index (χ1) is 5.52. The van der Waals surface area contributed by atoms with Gasteiger partial charge in [-0.25, -0.2) is 0 Å². The Morgan fingerprint density at radius 2 is 1.58 bits per heavy atom. The molecule has 3 nitrogen and oxygen atoms in total. The van der Waals surface area contributed by atoms with Gasteiger partial charge in [-0.15, -0.1) is 0 Å². The van der Waals surface area contributed by atoms with Crippen molar-refractivity contribution in [3.8, 4) is 17.2 Å². The van der Waals surface area contributed by atoms with Crippen LogP contribution in [0, 0.1) is 0 Å². The molecule has 1 rings (SSSR count). The molecule has 0 aliphatic rings. The first-order valence-corrected chi connectivity index (χ1v) is 4.33. The molecule has 4 heteroatoms. The van der Waals surface area contributed by atoms with E-state index < -0.39 is 0 Å². The lowest BCUT2D eigenvalue weighted by atomic mass is 10.1. The fourth-order valence-electron chi connectivity index (χ4n) is 0.901. The Balaban J connectivity index is 3.23. The van der Waals surface area contributed by atoms with Gasteiger partial charge in [-0.05, 0) is 13.0 Å². The Morgan fingerprint density at radius 3 is 2.08 bits per heavy atom. The zero-order valence-electron chi connectivity index (χ0n) is 6.45. The molecule has 0 bridgehead atoms. The molecule has 0 saturated heterocycles. The second kappa shape index (κ2) is 3.23. The van der Waals surface area contributed by atoms with Crippen molar-refractivity contribution in [1.29, 1.82) is 0 Å². The number of phenolic OH excluding ortho intramolecular Hbond substituents is 3. The van der Waals surface area contributed by atoms with Crippen LogP contribution in [0.1, 0.15) is 17.3 Å². The topological polar surface area (TPSA) is 60.7 Å². The van der Waals surface area contributed by atoms with Gasteiger partial charge in [0.15, 0.2) is 11.5 Å². The van der Waals surface area contributed by atoms with Gasteiger partial charge >= 0.3 is 0 Å². The zero-order valence-corrected chi connectivity index (χ0v) is 8.04. The van der Waals surface area contributed by atoms with Gasteiger partial charge in [0.05, 0.1) is 0 Å². The SMILES string of the molecule is CC(Br)c1cc(O)c(O)cc1O. The molecule has 0 amide bonds. The maximum atomic E-state index is 9.29. The normalized spacial score (nSPS) is 12.8. The minimum atomic E-state index is -0.315. The monoisotopic (exact) mass is 232 g/mol. The number of phenols is 3. The predicted octanol–water partition coefficient (Wildman–Crippen LogP) is 2.26. The van der Waals surface area contributed by atoms with E-state index in [4.69, 9.17) is 10.2 Å². The van der Waals surface area contributed by atoms with E-state index in [1.807, 2.05) is 6.92 Å². The molecule has 66 valence electrons. The summed E-state index contributed by atoms with van der Waals surface area (Å²) in [6.45, 7) is 1.81. The van der Waals surface area contributed by atoms with E-state index in [2.05, 4.69) is 15.9 Å². The number of hydrogen-bond donors (Lipinski definition) is 3. The van der Waals surface area contributed by atoms with Gasteiger partial charge in [-0.3, -0.25) is 0 Å². The molecule has 1 unspecified atom stereocenters. The average molecular weight is 233 g/mol. The number of benzene rings is 1. The standard InChI is InChI=1S/C8H9BrO3/c1-4(9)5-2-7(11)8(12)3-6(5)10/h2-4,10-12H,1H3. The second-order valence-corrected chi connectivity index (χ2v) is 3.89. The summed E-state index contributed by atoms with van der Waals surface area (Å²) < 4.78 is 0. The summed E-state index contributed by atoms with van der Waals surface area (Å²) in [5.74, 6) is -0.576. The van der Waals surface area contributed by atoms with Crippen LogP contribution >= 0.6 is 15.9 Å². The Morgan fingerprint density at radius 1 is 1.08 bits per heavy atom. The molecule has 1 atom stereocenters. The number of halogens is 1. The van der Waals surface area contributed by atoms with E-state index in [-0.39, 0.29) is 22.1 Å².